The molecule has 0 aliphatic heterocycles. The van der Waals surface area contributed by atoms with Gasteiger partial charge in [0.1, 0.15) is 11.5 Å². The molecule has 0 saturated heterocycles. The summed E-state index contributed by atoms with van der Waals surface area (Å²) >= 11 is 0. The largest absolute Gasteiger partial charge is 0.496 e. The summed E-state index contributed by atoms with van der Waals surface area (Å²) in [5.41, 5.74) is 2.16. The highest BCUT2D eigenvalue weighted by Crippen LogP contribution is 2.29. The van der Waals surface area contributed by atoms with E-state index in [2.05, 4.69) is 25.0 Å². The van der Waals surface area contributed by atoms with Crippen molar-refractivity contribution in [1.82, 2.24) is 5.32 Å². The average molecular weight is 309 g/mol. The molecular formula is C16H27NO3Si. The Morgan fingerprint density at radius 3 is 2.24 bits per heavy atom. The van der Waals surface area contributed by atoms with Crippen molar-refractivity contribution in [2.24, 2.45) is 0 Å². The molecule has 0 spiro atoms. The Morgan fingerprint density at radius 2 is 1.81 bits per heavy atom. The van der Waals surface area contributed by atoms with E-state index in [0.29, 0.717) is 5.75 Å². The van der Waals surface area contributed by atoms with Gasteiger partial charge in [-0.25, -0.2) is 4.79 Å². The quantitative estimate of drug-likeness (QED) is 0.868. The third-order valence-corrected chi connectivity index (χ3v) is 5.29. The number of methoxy groups -OCH3 is 1. The van der Waals surface area contributed by atoms with Crippen molar-refractivity contribution in [3.63, 3.8) is 0 Å². The summed E-state index contributed by atoms with van der Waals surface area (Å²) in [5.74, 6) is 1.47. The highest BCUT2D eigenvalue weighted by Gasteiger charge is 2.29. The van der Waals surface area contributed by atoms with Crippen LogP contribution in [0.5, 0.6) is 11.5 Å². The zero-order valence-electron chi connectivity index (χ0n) is 14.4. The number of carbonyl (C=O) groups excluding carboxylic acids is 1. The highest BCUT2D eigenvalue weighted by atomic mass is 28.3. The van der Waals surface area contributed by atoms with E-state index in [1.54, 1.807) is 7.11 Å². The van der Waals surface area contributed by atoms with Crippen LogP contribution in [0.25, 0.3) is 0 Å². The standard InChI is InChI=1S/C16H27NO3Si/c1-10(2)17-16(18)20-13-9-11(3)12(4)14(19-5)15(13)21(6,7)8/h9-10H,1-8H3,(H,17,18). The summed E-state index contributed by atoms with van der Waals surface area (Å²) in [5, 5.41) is 3.80. The fourth-order valence-corrected chi connectivity index (χ4v) is 4.10. The van der Waals surface area contributed by atoms with E-state index in [1.807, 2.05) is 33.8 Å². The number of nitrogens with one attached hydrogen (secondary N) is 1. The van der Waals surface area contributed by atoms with Crippen molar-refractivity contribution in [2.45, 2.75) is 53.4 Å². The Kier molecular flexibility index (Phi) is 5.45. The molecular weight excluding hydrogens is 282 g/mol. The molecule has 0 aliphatic rings. The minimum Gasteiger partial charge on any atom is -0.496 e. The minimum atomic E-state index is -1.73. The maximum atomic E-state index is 11.9. The zero-order valence-corrected chi connectivity index (χ0v) is 15.4. The Hall–Kier alpha value is -1.49. The van der Waals surface area contributed by atoms with Crippen LogP contribution in [0.15, 0.2) is 6.07 Å². The molecule has 118 valence electrons. The van der Waals surface area contributed by atoms with Crippen LogP contribution in [0, 0.1) is 13.8 Å². The van der Waals surface area contributed by atoms with Gasteiger partial charge in [-0.15, -0.1) is 0 Å². The van der Waals surface area contributed by atoms with Gasteiger partial charge in [0.25, 0.3) is 0 Å². The van der Waals surface area contributed by atoms with E-state index in [0.717, 1.165) is 22.1 Å². The highest BCUT2D eigenvalue weighted by molar-refractivity contribution is 6.90. The van der Waals surface area contributed by atoms with E-state index in [-0.39, 0.29) is 6.04 Å². The molecule has 1 aromatic rings. The lowest BCUT2D eigenvalue weighted by Crippen LogP contribution is -2.42. The molecule has 0 radical (unpaired) electrons. The third kappa shape index (κ3) is 4.23. The number of ether oxygens (including phenoxy) is 2. The third-order valence-electron chi connectivity index (χ3n) is 3.32. The van der Waals surface area contributed by atoms with Gasteiger partial charge < -0.3 is 14.8 Å². The van der Waals surface area contributed by atoms with Crippen LogP contribution in [-0.4, -0.2) is 27.3 Å². The van der Waals surface area contributed by atoms with E-state index < -0.39 is 14.2 Å². The van der Waals surface area contributed by atoms with Crippen LogP contribution in [0.4, 0.5) is 4.79 Å². The fourth-order valence-electron chi connectivity index (χ4n) is 2.27. The van der Waals surface area contributed by atoms with Gasteiger partial charge in [-0.2, -0.15) is 0 Å². The summed E-state index contributed by atoms with van der Waals surface area (Å²) < 4.78 is 11.2. The van der Waals surface area contributed by atoms with Gasteiger partial charge in [0.2, 0.25) is 0 Å². The molecule has 0 unspecified atom stereocenters. The molecule has 0 aromatic heterocycles. The van der Waals surface area contributed by atoms with Gasteiger partial charge in [-0.05, 0) is 44.9 Å². The van der Waals surface area contributed by atoms with E-state index >= 15 is 0 Å². The molecule has 4 nitrogen and oxygen atoms in total. The maximum Gasteiger partial charge on any atom is 0.412 e. The number of amides is 1. The number of benzene rings is 1. The van der Waals surface area contributed by atoms with E-state index in [9.17, 15) is 4.79 Å². The Balaban J connectivity index is 3.37. The summed E-state index contributed by atoms with van der Waals surface area (Å²) in [7, 11) is -0.0645. The molecule has 1 rings (SSSR count). The van der Waals surface area contributed by atoms with Gasteiger partial charge in [-0.1, -0.05) is 19.6 Å². The first kappa shape index (κ1) is 17.6. The second-order valence-electron chi connectivity index (χ2n) is 6.66. The molecule has 0 fully saturated rings. The van der Waals surface area contributed by atoms with Gasteiger partial charge in [0.05, 0.1) is 15.2 Å². The Bertz CT molecular complexity index is 533. The summed E-state index contributed by atoms with van der Waals surface area (Å²) in [4.78, 5) is 11.9. The SMILES string of the molecule is COc1c(C)c(C)cc(OC(=O)NC(C)C)c1[Si](C)(C)C. The van der Waals surface area contributed by atoms with Crippen LogP contribution in [0.3, 0.4) is 0 Å². The lowest BCUT2D eigenvalue weighted by molar-refractivity contribution is 0.198. The molecule has 5 heteroatoms. The van der Waals surface area contributed by atoms with E-state index in [1.165, 1.54) is 0 Å². The molecule has 0 bridgehead atoms. The predicted molar refractivity (Wildman–Crippen MR) is 89.7 cm³/mol. The van der Waals surface area contributed by atoms with Crippen molar-refractivity contribution in [1.29, 1.82) is 0 Å². The number of carbonyl (C=O) groups is 1. The molecule has 0 heterocycles. The lowest BCUT2D eigenvalue weighted by Gasteiger charge is -2.25. The second kappa shape index (κ2) is 6.51. The van der Waals surface area contributed by atoms with Gasteiger partial charge in [0.15, 0.2) is 0 Å². The van der Waals surface area contributed by atoms with Crippen molar-refractivity contribution in [2.75, 3.05) is 7.11 Å². The summed E-state index contributed by atoms with van der Waals surface area (Å²) in [6.07, 6.45) is -0.421. The van der Waals surface area contributed by atoms with Gasteiger partial charge >= 0.3 is 6.09 Å². The van der Waals surface area contributed by atoms with Crippen LogP contribution in [-0.2, 0) is 0 Å². The average Bonchev–Trinajstić information content (AvgIpc) is 2.30. The Labute approximate surface area is 128 Å². The Morgan fingerprint density at radius 1 is 1.24 bits per heavy atom. The van der Waals surface area contributed by atoms with Gasteiger partial charge in [0, 0.05) is 11.2 Å². The smallest absolute Gasteiger partial charge is 0.412 e. The van der Waals surface area contributed by atoms with Crippen molar-refractivity contribution in [3.05, 3.63) is 17.2 Å². The normalized spacial score (nSPS) is 11.5. The fraction of sp³-hybridized carbons (Fsp3) is 0.562. The molecule has 1 N–H and O–H groups in total. The van der Waals surface area contributed by atoms with Crippen molar-refractivity contribution in [3.8, 4) is 11.5 Å². The zero-order chi connectivity index (χ0) is 16.4. The number of hydrogen-bond donors (Lipinski definition) is 1. The summed E-state index contributed by atoms with van der Waals surface area (Å²) in [6, 6.07) is 1.98. The lowest BCUT2D eigenvalue weighted by atomic mass is 10.1. The first-order valence-electron chi connectivity index (χ1n) is 7.25. The van der Waals surface area contributed by atoms with Crippen LogP contribution >= 0.6 is 0 Å². The molecule has 1 amide bonds. The molecule has 21 heavy (non-hydrogen) atoms. The topological polar surface area (TPSA) is 47.6 Å². The van der Waals surface area contributed by atoms with E-state index in [4.69, 9.17) is 9.47 Å². The van der Waals surface area contributed by atoms with Crippen LogP contribution in [0.2, 0.25) is 19.6 Å². The van der Waals surface area contributed by atoms with Gasteiger partial charge in [-0.3, -0.25) is 0 Å². The molecule has 1 aromatic carbocycles. The number of hydrogen-bond acceptors (Lipinski definition) is 3. The van der Waals surface area contributed by atoms with Crippen molar-refractivity contribution < 1.29 is 14.3 Å². The molecule has 0 atom stereocenters. The van der Waals surface area contributed by atoms with Crippen LogP contribution in [0.1, 0.15) is 25.0 Å². The minimum absolute atomic E-state index is 0.0428. The van der Waals surface area contributed by atoms with Crippen LogP contribution < -0.4 is 20.0 Å². The maximum absolute atomic E-state index is 11.9. The predicted octanol–water partition coefficient (Wildman–Crippen LogP) is 3.35. The molecule has 0 aliphatic carbocycles. The monoisotopic (exact) mass is 309 g/mol. The first-order chi connectivity index (χ1) is 9.57. The number of rotatable bonds is 4. The molecule has 0 saturated carbocycles. The first-order valence-corrected chi connectivity index (χ1v) is 10.7. The summed E-state index contributed by atoms with van der Waals surface area (Å²) in [6.45, 7) is 14.5. The number of aryl methyl sites for hydroxylation is 1. The van der Waals surface area contributed by atoms with Crippen molar-refractivity contribution >= 4 is 19.4 Å². The second-order valence-corrected chi connectivity index (χ2v) is 11.7.